The Hall–Kier alpha value is -2.98. The van der Waals surface area contributed by atoms with Gasteiger partial charge in [0, 0.05) is 43.2 Å². The summed E-state index contributed by atoms with van der Waals surface area (Å²) in [5.74, 6) is -4.11. The van der Waals surface area contributed by atoms with E-state index in [9.17, 15) is 18.4 Å². The van der Waals surface area contributed by atoms with Gasteiger partial charge in [-0.15, -0.1) is 22.9 Å². The molecule has 2 amide bonds. The van der Waals surface area contributed by atoms with Gasteiger partial charge in [-0.1, -0.05) is 12.1 Å². The van der Waals surface area contributed by atoms with Crippen LogP contribution in [-0.4, -0.2) is 44.6 Å². The average molecular weight is 506 g/mol. The number of anilines is 1. The fraction of sp³-hybridized carbons (Fsp3) is 0.348. The molecule has 1 fully saturated rings. The maximum absolute atomic E-state index is 13.6. The van der Waals surface area contributed by atoms with Crippen molar-refractivity contribution in [2.45, 2.75) is 43.7 Å². The number of alkyl halides is 3. The fourth-order valence-electron chi connectivity index (χ4n) is 3.95. The van der Waals surface area contributed by atoms with Crippen LogP contribution in [0.1, 0.15) is 37.4 Å². The molecule has 0 aliphatic heterocycles. The van der Waals surface area contributed by atoms with Crippen molar-refractivity contribution in [3.05, 3.63) is 60.3 Å². The first-order valence-electron chi connectivity index (χ1n) is 10.7. The largest absolute Gasteiger partial charge is 0.351 e. The van der Waals surface area contributed by atoms with Crippen LogP contribution in [0.4, 0.5) is 14.5 Å². The van der Waals surface area contributed by atoms with E-state index in [0.717, 1.165) is 10.4 Å². The number of halogens is 3. The Bertz CT molecular complexity index is 1110. The third kappa shape index (κ3) is 5.56. The number of hydrogen-bond donors (Lipinski definition) is 1. The summed E-state index contributed by atoms with van der Waals surface area (Å²) in [4.78, 5) is 41.0. The maximum Gasteiger partial charge on any atom is 0.249 e. The molecule has 1 saturated carbocycles. The minimum absolute atomic E-state index is 0.152. The molecular weight excluding hydrogens is 484 g/mol. The number of nitrogens with zero attached hydrogens (tertiary/aromatic N) is 4. The number of rotatable bonds is 7. The molecule has 2 heterocycles. The van der Waals surface area contributed by atoms with Crippen molar-refractivity contribution >= 4 is 40.4 Å². The predicted molar refractivity (Wildman–Crippen MR) is 126 cm³/mol. The van der Waals surface area contributed by atoms with Gasteiger partial charge >= 0.3 is 0 Å². The highest BCUT2D eigenvalue weighted by molar-refractivity contribution is 7.13. The highest BCUT2D eigenvalue weighted by Gasteiger charge is 2.38. The van der Waals surface area contributed by atoms with Gasteiger partial charge in [0.2, 0.25) is 17.7 Å². The summed E-state index contributed by atoms with van der Waals surface area (Å²) in [5, 5.41) is 2.83. The van der Waals surface area contributed by atoms with Crippen LogP contribution < -0.4 is 10.2 Å². The maximum atomic E-state index is 13.6. The van der Waals surface area contributed by atoms with Crippen molar-refractivity contribution in [2.24, 2.45) is 0 Å². The molecule has 0 spiro atoms. The van der Waals surface area contributed by atoms with E-state index in [1.54, 1.807) is 23.8 Å². The highest BCUT2D eigenvalue weighted by atomic mass is 35.5. The van der Waals surface area contributed by atoms with E-state index in [1.165, 1.54) is 34.8 Å². The molecule has 0 radical (unpaired) electrons. The first-order valence-corrected chi connectivity index (χ1v) is 12.1. The van der Waals surface area contributed by atoms with Crippen LogP contribution in [0.2, 0.25) is 0 Å². The molecule has 7 nitrogen and oxygen atoms in total. The average Bonchev–Trinajstić information content (AvgIpc) is 3.39. The second kappa shape index (κ2) is 10.5. The van der Waals surface area contributed by atoms with Gasteiger partial charge in [0.15, 0.2) is 6.04 Å². The van der Waals surface area contributed by atoms with Gasteiger partial charge < -0.3 is 5.32 Å². The van der Waals surface area contributed by atoms with Crippen molar-refractivity contribution in [1.82, 2.24) is 20.3 Å². The molecule has 0 saturated heterocycles. The topological polar surface area (TPSA) is 88.1 Å². The van der Waals surface area contributed by atoms with Crippen LogP contribution in [0.15, 0.2) is 54.6 Å². The molecule has 178 valence electrons. The fourth-order valence-corrected chi connectivity index (χ4v) is 4.70. The zero-order valence-electron chi connectivity index (χ0n) is 18.0. The zero-order chi connectivity index (χ0) is 24.1. The van der Waals surface area contributed by atoms with E-state index >= 15 is 0 Å². The van der Waals surface area contributed by atoms with E-state index < -0.39 is 29.8 Å². The van der Waals surface area contributed by atoms with Crippen molar-refractivity contribution in [2.75, 3.05) is 10.8 Å². The Morgan fingerprint density at radius 3 is 2.47 bits per heavy atom. The lowest BCUT2D eigenvalue weighted by Gasteiger charge is -2.33. The zero-order valence-corrected chi connectivity index (χ0v) is 19.6. The monoisotopic (exact) mass is 505 g/mol. The van der Waals surface area contributed by atoms with Crippen molar-refractivity contribution in [3.63, 3.8) is 0 Å². The molecule has 3 aromatic rings. The Balaban J connectivity index is 1.65. The van der Waals surface area contributed by atoms with Gasteiger partial charge in [-0.05, 0) is 30.5 Å². The van der Waals surface area contributed by atoms with Gasteiger partial charge in [-0.2, -0.15) is 0 Å². The number of carbonyl (C=O) groups excluding carboxylic acids is 2. The van der Waals surface area contributed by atoms with Crippen molar-refractivity contribution in [1.29, 1.82) is 0 Å². The second-order valence-electron chi connectivity index (χ2n) is 7.98. The molecule has 1 aliphatic rings. The molecule has 0 bridgehead atoms. The molecule has 1 atom stereocenters. The van der Waals surface area contributed by atoms with Crippen LogP contribution in [0, 0.1) is 0 Å². The summed E-state index contributed by atoms with van der Waals surface area (Å²) in [6.45, 7) is 0. The van der Waals surface area contributed by atoms with E-state index in [-0.39, 0.29) is 37.3 Å². The molecule has 0 unspecified atom stereocenters. The minimum Gasteiger partial charge on any atom is -0.351 e. The van der Waals surface area contributed by atoms with Gasteiger partial charge in [0.05, 0.1) is 22.3 Å². The van der Waals surface area contributed by atoms with Crippen molar-refractivity contribution in [3.8, 4) is 10.4 Å². The van der Waals surface area contributed by atoms with Crippen LogP contribution in [0.25, 0.3) is 10.4 Å². The SMILES string of the molecule is O=C(NC1CCC(F)(F)CC1)[C@@H](c1cnccn1)N(C(=O)CCl)c1ccc(-c2cncs2)cc1. The van der Waals surface area contributed by atoms with Gasteiger partial charge in [0.1, 0.15) is 5.88 Å². The summed E-state index contributed by atoms with van der Waals surface area (Å²) >= 11 is 7.40. The van der Waals surface area contributed by atoms with Crippen LogP contribution in [0.5, 0.6) is 0 Å². The van der Waals surface area contributed by atoms with Crippen LogP contribution in [-0.2, 0) is 9.59 Å². The van der Waals surface area contributed by atoms with Crippen molar-refractivity contribution < 1.29 is 18.4 Å². The standard InChI is InChI=1S/C23H22ClF2N5O2S/c24-11-20(32)31(17-3-1-15(2-4-17)19-13-28-14-34-19)21(18-12-27-9-10-29-18)22(33)30-16-5-7-23(25,26)8-6-16/h1-4,9-10,12-14,16,21H,5-8,11H2,(H,30,33)/t21-/m1/s1. The molecule has 34 heavy (non-hydrogen) atoms. The third-order valence-corrected chi connectivity index (χ3v) is 6.73. The summed E-state index contributed by atoms with van der Waals surface area (Å²) in [6.07, 6.45) is 5.74. The summed E-state index contributed by atoms with van der Waals surface area (Å²) in [6, 6.07) is 5.50. The lowest BCUT2D eigenvalue weighted by molar-refractivity contribution is -0.127. The van der Waals surface area contributed by atoms with Crippen LogP contribution in [0.3, 0.4) is 0 Å². The summed E-state index contributed by atoms with van der Waals surface area (Å²) < 4.78 is 27.1. The molecule has 1 aliphatic carbocycles. The number of nitrogens with one attached hydrogen (secondary N) is 1. The minimum atomic E-state index is -2.72. The van der Waals surface area contributed by atoms with E-state index in [2.05, 4.69) is 20.3 Å². The Labute approximate surface area is 204 Å². The lowest BCUT2D eigenvalue weighted by atomic mass is 9.92. The predicted octanol–water partition coefficient (Wildman–Crippen LogP) is 4.61. The Morgan fingerprint density at radius 2 is 1.88 bits per heavy atom. The third-order valence-electron chi connectivity index (χ3n) is 5.68. The molecule has 1 aromatic carbocycles. The summed E-state index contributed by atoms with van der Waals surface area (Å²) in [5.41, 5.74) is 3.32. The normalized spacial score (nSPS) is 16.6. The summed E-state index contributed by atoms with van der Waals surface area (Å²) in [7, 11) is 0. The van der Waals surface area contributed by atoms with Gasteiger partial charge in [-0.3, -0.25) is 29.4 Å². The van der Waals surface area contributed by atoms with E-state index in [0.29, 0.717) is 5.69 Å². The highest BCUT2D eigenvalue weighted by Crippen LogP contribution is 2.34. The second-order valence-corrected chi connectivity index (χ2v) is 9.14. The molecule has 11 heteroatoms. The first kappa shape index (κ1) is 24.2. The molecule has 1 N–H and O–H groups in total. The Morgan fingerprint density at radius 1 is 1.15 bits per heavy atom. The number of hydrogen-bond acceptors (Lipinski definition) is 6. The molecule has 2 aromatic heterocycles. The lowest BCUT2D eigenvalue weighted by Crippen LogP contribution is -2.49. The Kier molecular flexibility index (Phi) is 7.47. The van der Waals surface area contributed by atoms with E-state index in [1.807, 2.05) is 12.1 Å². The number of thiazole rings is 1. The van der Waals surface area contributed by atoms with Crippen LogP contribution >= 0.6 is 22.9 Å². The number of carbonyl (C=O) groups is 2. The smallest absolute Gasteiger partial charge is 0.249 e. The van der Waals surface area contributed by atoms with Gasteiger partial charge in [0.25, 0.3) is 0 Å². The van der Waals surface area contributed by atoms with E-state index in [4.69, 9.17) is 11.6 Å². The molecule has 4 rings (SSSR count). The quantitative estimate of drug-likeness (QED) is 0.474. The number of benzene rings is 1. The number of aromatic nitrogens is 3. The van der Waals surface area contributed by atoms with Gasteiger partial charge in [-0.25, -0.2) is 8.78 Å². The number of amides is 2. The first-order chi connectivity index (χ1) is 16.4. The molecular formula is C23H22ClF2N5O2S.